The molecule has 1 saturated heterocycles. The summed E-state index contributed by atoms with van der Waals surface area (Å²) in [6.07, 6.45) is 3.06. The fourth-order valence-electron chi connectivity index (χ4n) is 4.30. The summed E-state index contributed by atoms with van der Waals surface area (Å²) in [4.78, 5) is 9.89. The average Bonchev–Trinajstić information content (AvgIpc) is 3.26. The van der Waals surface area contributed by atoms with E-state index in [1.165, 1.54) is 11.9 Å². The van der Waals surface area contributed by atoms with Crippen LogP contribution in [0.15, 0.2) is 71.8 Å². The molecule has 0 amide bonds. The van der Waals surface area contributed by atoms with Crippen LogP contribution in [0.3, 0.4) is 0 Å². The van der Waals surface area contributed by atoms with Crippen LogP contribution in [0.25, 0.3) is 16.8 Å². The molecular formula is C25H28N6O2S. The predicted molar refractivity (Wildman–Crippen MR) is 136 cm³/mol. The molecule has 176 valence electrons. The van der Waals surface area contributed by atoms with Gasteiger partial charge in [0.25, 0.3) is 0 Å². The highest BCUT2D eigenvalue weighted by Crippen LogP contribution is 2.27. The molecule has 1 fully saturated rings. The number of nitrogens with zero attached hydrogens (tertiary/aromatic N) is 5. The van der Waals surface area contributed by atoms with E-state index < -0.39 is 9.84 Å². The molecule has 2 aromatic carbocycles. The normalized spacial score (nSPS) is 15.1. The number of aromatic nitrogens is 3. The monoisotopic (exact) mass is 476 g/mol. The van der Waals surface area contributed by atoms with Crippen LogP contribution in [0, 0.1) is 0 Å². The predicted octanol–water partition coefficient (Wildman–Crippen LogP) is 3.69. The van der Waals surface area contributed by atoms with Gasteiger partial charge < -0.3 is 15.1 Å². The molecule has 8 nitrogen and oxygen atoms in total. The molecule has 0 radical (unpaired) electrons. The van der Waals surface area contributed by atoms with Crippen molar-refractivity contribution in [3.05, 3.63) is 66.9 Å². The summed E-state index contributed by atoms with van der Waals surface area (Å²) in [5.74, 6) is 0.508. The lowest BCUT2D eigenvalue weighted by Gasteiger charge is -2.35. The maximum absolute atomic E-state index is 11.8. The van der Waals surface area contributed by atoms with E-state index in [9.17, 15) is 8.42 Å². The van der Waals surface area contributed by atoms with Gasteiger partial charge in [-0.15, -0.1) is 5.10 Å². The first-order chi connectivity index (χ1) is 16.4. The van der Waals surface area contributed by atoms with Crippen LogP contribution < -0.4 is 10.2 Å². The standard InChI is InChI=1S/C25H28N6O2S/c1-3-29-14-16-30(17-15-29)21-7-4-6-20(18-21)26-25-27-24-23(8-5-13-31(24)28-25)19-9-11-22(12-10-19)34(2,32)33/h4-13,18H,3,14-17H2,1-2H3,(H,26,28). The van der Waals surface area contributed by atoms with Crippen LogP contribution in [0.5, 0.6) is 0 Å². The third kappa shape index (κ3) is 4.62. The van der Waals surface area contributed by atoms with Crippen molar-refractivity contribution in [2.75, 3.05) is 49.2 Å². The van der Waals surface area contributed by atoms with E-state index in [4.69, 9.17) is 4.98 Å². The number of fused-ring (bicyclic) bond motifs is 1. The maximum Gasteiger partial charge on any atom is 0.247 e. The second kappa shape index (κ2) is 9.08. The third-order valence-electron chi connectivity index (χ3n) is 6.24. The van der Waals surface area contributed by atoms with E-state index in [1.54, 1.807) is 28.8 Å². The summed E-state index contributed by atoms with van der Waals surface area (Å²) in [5.41, 5.74) is 4.58. The summed E-state index contributed by atoms with van der Waals surface area (Å²) >= 11 is 0. The number of nitrogens with one attached hydrogen (secondary N) is 1. The van der Waals surface area contributed by atoms with Gasteiger partial charge in [-0.25, -0.2) is 12.9 Å². The molecule has 0 bridgehead atoms. The van der Waals surface area contributed by atoms with Gasteiger partial charge >= 0.3 is 0 Å². The molecule has 0 aliphatic carbocycles. The number of benzene rings is 2. The lowest BCUT2D eigenvalue weighted by atomic mass is 10.1. The minimum absolute atomic E-state index is 0.294. The van der Waals surface area contributed by atoms with Crippen LogP contribution in [0.4, 0.5) is 17.3 Å². The smallest absolute Gasteiger partial charge is 0.247 e. The Kier molecular flexibility index (Phi) is 5.97. The molecule has 0 saturated carbocycles. The van der Waals surface area contributed by atoms with Gasteiger partial charge in [-0.1, -0.05) is 25.1 Å². The van der Waals surface area contributed by atoms with Crippen molar-refractivity contribution < 1.29 is 8.42 Å². The van der Waals surface area contributed by atoms with E-state index in [1.807, 2.05) is 24.4 Å². The van der Waals surface area contributed by atoms with Crippen molar-refractivity contribution in [2.45, 2.75) is 11.8 Å². The Morgan fingerprint density at radius 2 is 1.74 bits per heavy atom. The fourth-order valence-corrected chi connectivity index (χ4v) is 4.93. The number of rotatable bonds is 6. The number of anilines is 3. The largest absolute Gasteiger partial charge is 0.369 e. The van der Waals surface area contributed by atoms with Gasteiger partial charge in [0.15, 0.2) is 15.5 Å². The van der Waals surface area contributed by atoms with E-state index in [0.29, 0.717) is 16.5 Å². The minimum atomic E-state index is -3.24. The van der Waals surface area contributed by atoms with Crippen LogP contribution in [0.2, 0.25) is 0 Å². The van der Waals surface area contributed by atoms with Gasteiger partial charge in [-0.2, -0.15) is 4.98 Å². The first-order valence-electron chi connectivity index (χ1n) is 11.4. The molecule has 2 aromatic heterocycles. The molecule has 9 heteroatoms. The molecule has 0 unspecified atom stereocenters. The van der Waals surface area contributed by atoms with Gasteiger partial charge in [-0.3, -0.25) is 0 Å². The molecule has 1 aliphatic rings. The van der Waals surface area contributed by atoms with E-state index in [-0.39, 0.29) is 0 Å². The van der Waals surface area contributed by atoms with Crippen molar-refractivity contribution in [3.63, 3.8) is 0 Å². The second-order valence-corrected chi connectivity index (χ2v) is 10.5. The van der Waals surface area contributed by atoms with Crippen molar-refractivity contribution in [2.24, 2.45) is 0 Å². The van der Waals surface area contributed by atoms with Crippen LogP contribution in [0.1, 0.15) is 6.92 Å². The third-order valence-corrected chi connectivity index (χ3v) is 7.37. The zero-order valence-electron chi connectivity index (χ0n) is 19.3. The zero-order chi connectivity index (χ0) is 23.7. The highest BCUT2D eigenvalue weighted by molar-refractivity contribution is 7.90. The summed E-state index contributed by atoms with van der Waals surface area (Å²) in [7, 11) is -3.24. The summed E-state index contributed by atoms with van der Waals surface area (Å²) in [6.45, 7) is 7.50. The fraction of sp³-hybridized carbons (Fsp3) is 0.280. The first kappa shape index (κ1) is 22.4. The summed E-state index contributed by atoms with van der Waals surface area (Å²) in [5, 5.41) is 7.93. The SMILES string of the molecule is CCN1CCN(c2cccc(Nc3nc4c(-c5ccc(S(C)(=O)=O)cc5)cccn4n3)c2)CC1. The van der Waals surface area contributed by atoms with E-state index in [0.717, 1.165) is 49.5 Å². The number of piperazine rings is 1. The molecule has 5 rings (SSSR count). The number of likely N-dealkylation sites (N-methyl/N-ethyl adjacent to an activating group) is 1. The van der Waals surface area contributed by atoms with Crippen LogP contribution in [-0.4, -0.2) is 66.9 Å². The number of hydrogen-bond acceptors (Lipinski definition) is 7. The van der Waals surface area contributed by atoms with Gasteiger partial charge in [-0.05, 0) is 54.6 Å². The van der Waals surface area contributed by atoms with Crippen LogP contribution >= 0.6 is 0 Å². The van der Waals surface area contributed by atoms with Gasteiger partial charge in [0.2, 0.25) is 5.95 Å². The number of hydrogen-bond donors (Lipinski definition) is 1. The summed E-state index contributed by atoms with van der Waals surface area (Å²) < 4.78 is 25.3. The van der Waals surface area contributed by atoms with Crippen molar-refractivity contribution in [1.29, 1.82) is 0 Å². The second-order valence-electron chi connectivity index (χ2n) is 8.52. The van der Waals surface area contributed by atoms with Gasteiger partial charge in [0.05, 0.1) is 4.90 Å². The van der Waals surface area contributed by atoms with Crippen molar-refractivity contribution in [3.8, 4) is 11.1 Å². The van der Waals surface area contributed by atoms with Crippen molar-refractivity contribution >= 4 is 32.8 Å². The zero-order valence-corrected chi connectivity index (χ0v) is 20.2. The number of pyridine rings is 1. The Balaban J connectivity index is 1.39. The Morgan fingerprint density at radius 1 is 0.971 bits per heavy atom. The molecule has 3 heterocycles. The lowest BCUT2D eigenvalue weighted by Crippen LogP contribution is -2.46. The molecule has 34 heavy (non-hydrogen) atoms. The summed E-state index contributed by atoms with van der Waals surface area (Å²) in [6, 6.07) is 19.0. The quantitative estimate of drug-likeness (QED) is 0.454. The Labute approximate surface area is 199 Å². The average molecular weight is 477 g/mol. The molecule has 4 aromatic rings. The highest BCUT2D eigenvalue weighted by atomic mass is 32.2. The first-order valence-corrected chi connectivity index (χ1v) is 13.3. The highest BCUT2D eigenvalue weighted by Gasteiger charge is 2.16. The van der Waals surface area contributed by atoms with Crippen molar-refractivity contribution in [1.82, 2.24) is 19.5 Å². The molecule has 1 aliphatic heterocycles. The van der Waals surface area contributed by atoms with E-state index >= 15 is 0 Å². The Hall–Kier alpha value is -3.43. The van der Waals surface area contributed by atoms with E-state index in [2.05, 4.69) is 45.3 Å². The Bertz CT molecular complexity index is 1410. The van der Waals surface area contributed by atoms with Crippen LogP contribution in [-0.2, 0) is 9.84 Å². The molecule has 0 atom stereocenters. The topological polar surface area (TPSA) is 82.8 Å². The molecule has 1 N–H and O–H groups in total. The van der Waals surface area contributed by atoms with Gasteiger partial charge in [0, 0.05) is 55.6 Å². The van der Waals surface area contributed by atoms with Gasteiger partial charge in [0.1, 0.15) is 0 Å². The lowest BCUT2D eigenvalue weighted by molar-refractivity contribution is 0.271. The number of sulfone groups is 1. The molecule has 0 spiro atoms. The maximum atomic E-state index is 11.8. The minimum Gasteiger partial charge on any atom is -0.369 e. The molecular weight excluding hydrogens is 448 g/mol. The Morgan fingerprint density at radius 3 is 2.44 bits per heavy atom.